The summed E-state index contributed by atoms with van der Waals surface area (Å²) in [6.07, 6.45) is 3.64. The lowest BCUT2D eigenvalue weighted by atomic mass is 9.92. The third-order valence-corrected chi connectivity index (χ3v) is 3.84. The van der Waals surface area contributed by atoms with Gasteiger partial charge in [-0.1, -0.05) is 37.3 Å². The van der Waals surface area contributed by atoms with Crippen molar-refractivity contribution in [3.8, 4) is 6.07 Å². The van der Waals surface area contributed by atoms with Crippen LogP contribution in [0.5, 0.6) is 0 Å². The van der Waals surface area contributed by atoms with Crippen LogP contribution >= 0.6 is 0 Å². The first-order valence-electron chi connectivity index (χ1n) is 7.03. The summed E-state index contributed by atoms with van der Waals surface area (Å²) in [5, 5.41) is 9.19. The number of amides is 1. The predicted octanol–water partition coefficient (Wildman–Crippen LogP) is 3.08. The molecule has 3 nitrogen and oxygen atoms in total. The Kier molecular flexibility index (Phi) is 4.57. The van der Waals surface area contributed by atoms with Crippen molar-refractivity contribution < 1.29 is 4.79 Å². The van der Waals surface area contributed by atoms with Crippen LogP contribution in [-0.2, 0) is 4.79 Å². The van der Waals surface area contributed by atoms with Gasteiger partial charge in [-0.25, -0.2) is 0 Å². The lowest BCUT2D eigenvalue weighted by molar-refractivity contribution is -0.135. The first-order valence-corrected chi connectivity index (χ1v) is 7.03. The minimum atomic E-state index is -0.237. The van der Waals surface area contributed by atoms with Crippen LogP contribution in [0.2, 0.25) is 0 Å². The molecule has 0 spiro atoms. The van der Waals surface area contributed by atoms with Crippen molar-refractivity contribution in [3.05, 3.63) is 35.9 Å². The molecule has 1 amide bonds. The molecule has 1 aliphatic rings. The summed E-state index contributed by atoms with van der Waals surface area (Å²) >= 11 is 0. The van der Waals surface area contributed by atoms with E-state index >= 15 is 0 Å². The van der Waals surface area contributed by atoms with Gasteiger partial charge in [0.1, 0.15) is 6.04 Å². The van der Waals surface area contributed by atoms with Crippen LogP contribution in [0.4, 0.5) is 0 Å². The van der Waals surface area contributed by atoms with Gasteiger partial charge in [0, 0.05) is 6.54 Å². The molecule has 0 radical (unpaired) electrons. The minimum Gasteiger partial charge on any atom is -0.326 e. The molecule has 1 aromatic rings. The highest BCUT2D eigenvalue weighted by atomic mass is 16.2. The lowest BCUT2D eigenvalue weighted by Crippen LogP contribution is -2.45. The van der Waals surface area contributed by atoms with E-state index in [0.29, 0.717) is 0 Å². The molecule has 2 rings (SSSR count). The van der Waals surface area contributed by atoms with E-state index in [2.05, 4.69) is 6.07 Å². The van der Waals surface area contributed by atoms with Crippen LogP contribution in [0.15, 0.2) is 30.3 Å². The maximum Gasteiger partial charge on any atom is 0.231 e. The van der Waals surface area contributed by atoms with Crippen LogP contribution in [0.25, 0.3) is 0 Å². The topological polar surface area (TPSA) is 44.1 Å². The van der Waals surface area contributed by atoms with Gasteiger partial charge in [0.25, 0.3) is 0 Å². The van der Waals surface area contributed by atoms with Crippen molar-refractivity contribution in [2.24, 2.45) is 0 Å². The number of carbonyl (C=O) groups is 1. The Bertz CT molecular complexity index is 463. The number of piperidine rings is 1. The minimum absolute atomic E-state index is 0.111. The average Bonchev–Trinajstić information content (AvgIpc) is 2.49. The van der Waals surface area contributed by atoms with E-state index in [0.717, 1.165) is 37.8 Å². The molecule has 0 aromatic heterocycles. The van der Waals surface area contributed by atoms with Gasteiger partial charge in [-0.2, -0.15) is 5.26 Å². The third kappa shape index (κ3) is 2.96. The Hall–Kier alpha value is -1.82. The number of nitrogens with zero attached hydrogens (tertiary/aromatic N) is 2. The van der Waals surface area contributed by atoms with Crippen LogP contribution in [0.3, 0.4) is 0 Å². The van der Waals surface area contributed by atoms with Gasteiger partial charge in [0.15, 0.2) is 0 Å². The van der Waals surface area contributed by atoms with E-state index in [1.54, 1.807) is 4.90 Å². The molecular weight excluding hydrogens is 236 g/mol. The fraction of sp³-hybridized carbons (Fsp3) is 0.500. The zero-order chi connectivity index (χ0) is 13.7. The van der Waals surface area contributed by atoms with Crippen LogP contribution in [0, 0.1) is 11.3 Å². The molecule has 0 saturated carbocycles. The Morgan fingerprint density at radius 3 is 2.79 bits per heavy atom. The fourth-order valence-corrected chi connectivity index (χ4v) is 2.77. The van der Waals surface area contributed by atoms with E-state index in [9.17, 15) is 10.1 Å². The van der Waals surface area contributed by atoms with E-state index in [1.165, 1.54) is 0 Å². The van der Waals surface area contributed by atoms with E-state index in [4.69, 9.17) is 0 Å². The van der Waals surface area contributed by atoms with Crippen molar-refractivity contribution in [1.82, 2.24) is 4.90 Å². The number of benzene rings is 1. The van der Waals surface area contributed by atoms with Crippen molar-refractivity contribution in [2.75, 3.05) is 6.54 Å². The SMILES string of the molecule is CCC(C(=O)N1CCCCC1C#N)c1ccccc1. The molecule has 1 fully saturated rings. The molecule has 3 heteroatoms. The highest BCUT2D eigenvalue weighted by molar-refractivity contribution is 5.84. The molecule has 2 unspecified atom stereocenters. The molecule has 1 saturated heterocycles. The number of carbonyl (C=O) groups excluding carboxylic acids is 1. The summed E-state index contributed by atoms with van der Waals surface area (Å²) in [7, 11) is 0. The first kappa shape index (κ1) is 13.6. The molecule has 2 atom stereocenters. The van der Waals surface area contributed by atoms with Crippen LogP contribution in [0.1, 0.15) is 44.1 Å². The van der Waals surface area contributed by atoms with E-state index in [1.807, 2.05) is 37.3 Å². The first-order chi connectivity index (χ1) is 9.27. The zero-order valence-electron chi connectivity index (χ0n) is 11.4. The Morgan fingerprint density at radius 2 is 2.16 bits per heavy atom. The summed E-state index contributed by atoms with van der Waals surface area (Å²) in [6.45, 7) is 2.75. The summed E-state index contributed by atoms with van der Waals surface area (Å²) in [5.74, 6) is -0.00454. The van der Waals surface area contributed by atoms with Gasteiger partial charge in [-0.3, -0.25) is 4.79 Å². The molecule has 100 valence electrons. The number of hydrogen-bond acceptors (Lipinski definition) is 2. The highest BCUT2D eigenvalue weighted by Crippen LogP contribution is 2.26. The van der Waals surface area contributed by atoms with Gasteiger partial charge in [-0.05, 0) is 31.2 Å². The molecule has 19 heavy (non-hydrogen) atoms. The number of rotatable bonds is 3. The fourth-order valence-electron chi connectivity index (χ4n) is 2.77. The van der Waals surface area contributed by atoms with Gasteiger partial charge in [-0.15, -0.1) is 0 Å². The van der Waals surface area contributed by atoms with Crippen molar-refractivity contribution in [1.29, 1.82) is 5.26 Å². The average molecular weight is 256 g/mol. The van der Waals surface area contributed by atoms with Crippen molar-refractivity contribution in [3.63, 3.8) is 0 Å². The molecule has 1 aromatic carbocycles. The summed E-state index contributed by atoms with van der Waals surface area (Å²) in [6, 6.07) is 11.9. The maximum absolute atomic E-state index is 12.7. The van der Waals surface area contributed by atoms with Crippen LogP contribution < -0.4 is 0 Å². The number of hydrogen-bond donors (Lipinski definition) is 0. The zero-order valence-corrected chi connectivity index (χ0v) is 11.4. The number of nitriles is 1. The molecule has 1 heterocycles. The van der Waals surface area contributed by atoms with Gasteiger partial charge in [0.2, 0.25) is 5.91 Å². The van der Waals surface area contributed by atoms with Gasteiger partial charge >= 0.3 is 0 Å². The van der Waals surface area contributed by atoms with Crippen molar-refractivity contribution in [2.45, 2.75) is 44.6 Å². The Balaban J connectivity index is 2.19. The molecule has 0 aliphatic carbocycles. The van der Waals surface area contributed by atoms with E-state index < -0.39 is 0 Å². The second-order valence-electron chi connectivity index (χ2n) is 5.04. The van der Waals surface area contributed by atoms with Crippen molar-refractivity contribution >= 4 is 5.91 Å². The molecule has 0 bridgehead atoms. The summed E-state index contributed by atoms with van der Waals surface area (Å²) in [5.41, 5.74) is 1.05. The quantitative estimate of drug-likeness (QED) is 0.834. The Morgan fingerprint density at radius 1 is 1.42 bits per heavy atom. The van der Waals surface area contributed by atoms with Gasteiger partial charge < -0.3 is 4.90 Å². The standard InChI is InChI=1S/C16H20N2O/c1-2-15(13-8-4-3-5-9-13)16(19)18-11-7-6-10-14(18)12-17/h3-5,8-9,14-15H,2,6-7,10-11H2,1H3. The van der Waals surface area contributed by atoms with E-state index in [-0.39, 0.29) is 17.9 Å². The molecule has 0 N–H and O–H groups in total. The van der Waals surface area contributed by atoms with Crippen LogP contribution in [-0.4, -0.2) is 23.4 Å². The Labute approximate surface area is 114 Å². The molecule has 1 aliphatic heterocycles. The monoisotopic (exact) mass is 256 g/mol. The number of likely N-dealkylation sites (tertiary alicyclic amines) is 1. The van der Waals surface area contributed by atoms with Gasteiger partial charge in [0.05, 0.1) is 12.0 Å². The summed E-state index contributed by atoms with van der Waals surface area (Å²) in [4.78, 5) is 14.5. The lowest BCUT2D eigenvalue weighted by Gasteiger charge is -2.34. The predicted molar refractivity (Wildman–Crippen MR) is 74.4 cm³/mol. The highest BCUT2D eigenvalue weighted by Gasteiger charge is 2.31. The normalized spacial score (nSPS) is 20.6. The second-order valence-corrected chi connectivity index (χ2v) is 5.04. The maximum atomic E-state index is 12.7. The summed E-state index contributed by atoms with van der Waals surface area (Å²) < 4.78 is 0. The molecular formula is C16H20N2O. The smallest absolute Gasteiger partial charge is 0.231 e. The third-order valence-electron chi connectivity index (χ3n) is 3.84. The second kappa shape index (κ2) is 6.38. The largest absolute Gasteiger partial charge is 0.326 e.